The van der Waals surface area contributed by atoms with Gasteiger partial charge < -0.3 is 24.0 Å². The van der Waals surface area contributed by atoms with Crippen LogP contribution in [-0.4, -0.2) is 22.9 Å². The Morgan fingerprint density at radius 3 is 0.907 bits per heavy atom. The second-order valence-electron chi connectivity index (χ2n) is 41.2. The van der Waals surface area contributed by atoms with Gasteiger partial charge in [-0.2, -0.15) is 0 Å². The monoisotopic (exact) mass is 1940 g/mol. The second-order valence-corrected chi connectivity index (χ2v) is 48.7. The Bertz CT molecular complexity index is 9230. The normalized spacial score (nSPS) is 13.3. The summed E-state index contributed by atoms with van der Waals surface area (Å²) in [6.45, 7) is 6.70. The molecule has 0 radical (unpaired) electrons. The summed E-state index contributed by atoms with van der Waals surface area (Å²) in [6.07, 6.45) is 0. The molecule has 1 aromatic heterocycles. The molecule has 0 saturated carbocycles. The van der Waals surface area contributed by atoms with E-state index in [9.17, 15) is 0 Å². The molecule has 0 aliphatic carbocycles. The van der Waals surface area contributed by atoms with Crippen LogP contribution in [0.1, 0.15) is 26.3 Å². The number of hydrogen-bond acceptors (Lipinski definition) is 5. The molecule has 0 unspecified atom stereocenters. The highest BCUT2D eigenvalue weighted by Crippen LogP contribution is 2.58. The van der Waals surface area contributed by atoms with E-state index in [-0.39, 0.29) is 5.41 Å². The molecule has 0 amide bonds. The third-order valence-electron chi connectivity index (χ3n) is 31.9. The minimum absolute atomic E-state index is 0.343. The summed E-state index contributed by atoms with van der Waals surface area (Å²) in [5, 5.41) is 12.7. The maximum absolute atomic E-state index is 6.91. The van der Waals surface area contributed by atoms with Crippen LogP contribution in [0.2, 0.25) is 0 Å². The predicted octanol–water partition coefficient (Wildman–Crippen LogP) is 30.3. The number of anilines is 12. The van der Waals surface area contributed by atoms with Crippen LogP contribution in [0, 0.1) is 0 Å². The Morgan fingerprint density at radius 1 is 0.193 bits per heavy atom. The lowest BCUT2D eigenvalue weighted by atomic mass is 9.33. The fraction of sp³-hybridized carbons (Fsp3) is 0.0282. The van der Waals surface area contributed by atoms with Crippen LogP contribution in [0.5, 0.6) is 0 Å². The molecular formula is C142H101BN4OSi2. The van der Waals surface area contributed by atoms with Crippen LogP contribution < -0.4 is 77.5 Å². The molecule has 5 heterocycles. The molecule has 28 rings (SSSR count). The third-order valence-corrected chi connectivity index (χ3v) is 41.6. The average molecular weight is 1950 g/mol. The molecule has 8 heteroatoms. The number of rotatable bonds is 17. The molecule has 0 bridgehead atoms. The van der Waals surface area contributed by atoms with Gasteiger partial charge in [-0.3, -0.25) is 0 Å². The van der Waals surface area contributed by atoms with Gasteiger partial charge in [-0.25, -0.2) is 0 Å². The van der Waals surface area contributed by atoms with Crippen molar-refractivity contribution in [2.24, 2.45) is 0 Å². The molecule has 23 aromatic carbocycles. The van der Waals surface area contributed by atoms with E-state index in [1.54, 1.807) is 0 Å². The smallest absolute Gasteiger partial charge is 0.252 e. The van der Waals surface area contributed by atoms with Gasteiger partial charge in [-0.1, -0.05) is 464 Å². The third kappa shape index (κ3) is 14.6. The Balaban J connectivity index is 0.784. The van der Waals surface area contributed by atoms with E-state index in [0.29, 0.717) is 0 Å². The maximum Gasteiger partial charge on any atom is 0.252 e. The van der Waals surface area contributed by atoms with Crippen molar-refractivity contribution in [1.82, 2.24) is 0 Å². The van der Waals surface area contributed by atoms with Crippen molar-refractivity contribution >= 4 is 171 Å². The highest BCUT2D eigenvalue weighted by Gasteiger charge is 2.53. The number of benzene rings is 23. The quantitative estimate of drug-likeness (QED) is 0.0847. The predicted molar refractivity (Wildman–Crippen MR) is 639 cm³/mol. The topological polar surface area (TPSA) is 26.1 Å². The van der Waals surface area contributed by atoms with Gasteiger partial charge in [-0.05, 0) is 262 Å². The van der Waals surface area contributed by atoms with E-state index in [1.165, 1.54) is 58.2 Å². The summed E-state index contributed by atoms with van der Waals surface area (Å²) in [4.78, 5) is 10.8. The van der Waals surface area contributed by atoms with Crippen molar-refractivity contribution < 1.29 is 4.42 Å². The van der Waals surface area contributed by atoms with Gasteiger partial charge in [0.15, 0.2) is 16.1 Å². The van der Waals surface area contributed by atoms with E-state index in [0.717, 1.165) is 196 Å². The van der Waals surface area contributed by atoms with Crippen LogP contribution in [0.15, 0.2) is 563 Å². The van der Waals surface area contributed by atoms with Gasteiger partial charge >= 0.3 is 0 Å². The van der Waals surface area contributed by atoms with Crippen LogP contribution in [0.25, 0.3) is 122 Å². The first kappa shape index (κ1) is 89.2. The van der Waals surface area contributed by atoms with Gasteiger partial charge in [0.2, 0.25) is 0 Å². The molecule has 0 fully saturated rings. The summed E-state index contributed by atoms with van der Waals surface area (Å²) < 4.78 is 6.91. The molecule has 4 aliphatic rings. The number of furan rings is 1. The molecule has 4 aliphatic heterocycles. The summed E-state index contributed by atoms with van der Waals surface area (Å²) in [5.74, 6) is 0. The fourth-order valence-electron chi connectivity index (χ4n) is 25.2. The van der Waals surface area contributed by atoms with Crippen molar-refractivity contribution in [3.63, 3.8) is 0 Å². The highest BCUT2D eigenvalue weighted by atomic mass is 28.3. The van der Waals surface area contributed by atoms with Crippen LogP contribution in [-0.2, 0) is 5.41 Å². The SMILES string of the molecule is CC(C)(C)c1cc(-c2ccccc2)c(N2c3cc(N4c5ccccc5[Si](c5ccccc5)(c5ccccc5)c5ccccc54)ccc3B3c4ccc(N5c6ccccc6[Si](c6ccccc6)(c6ccccc6)c6ccccc65)cc4N(c4c(-c5ccccc5)cccc4-c4cccc(-c5cccc(-c6ccccc6)c5)c4)c4cc(-c5ccc6oc7ccccc7c6c5)cc2c43)c(-c2cccc(-c3cccc(-c4ccccc4)c3)c2)c1. The molecule has 0 spiro atoms. The average Bonchev–Trinajstić information content (AvgIpc) is 0.779. The van der Waals surface area contributed by atoms with Crippen molar-refractivity contribution in [2.45, 2.75) is 26.2 Å². The lowest BCUT2D eigenvalue weighted by Crippen LogP contribution is -2.77. The molecule has 0 atom stereocenters. The van der Waals surface area contributed by atoms with Gasteiger partial charge in [0.05, 0.1) is 11.4 Å². The Hall–Kier alpha value is -18.4. The first-order valence-electron chi connectivity index (χ1n) is 52.2. The summed E-state index contributed by atoms with van der Waals surface area (Å²) in [5.41, 5.74) is 38.9. The molecular weight excluding hydrogens is 1840 g/mol. The molecule has 5 nitrogen and oxygen atoms in total. The number of fused-ring (bicyclic) bond motifs is 11. The zero-order valence-electron chi connectivity index (χ0n) is 83.4. The van der Waals surface area contributed by atoms with Crippen LogP contribution in [0.3, 0.4) is 0 Å². The van der Waals surface area contributed by atoms with Gasteiger partial charge in [0.1, 0.15) is 11.2 Å². The van der Waals surface area contributed by atoms with Crippen molar-refractivity contribution in [3.8, 4) is 100 Å². The number of hydrogen-bond donors (Lipinski definition) is 0. The lowest BCUT2D eigenvalue weighted by Gasteiger charge is -2.48. The van der Waals surface area contributed by atoms with Crippen LogP contribution >= 0.6 is 0 Å². The molecule has 24 aromatic rings. The maximum atomic E-state index is 6.91. The summed E-state index contributed by atoms with van der Waals surface area (Å²) >= 11 is 0. The summed E-state index contributed by atoms with van der Waals surface area (Å²) in [7, 11) is -6.30. The number of para-hydroxylation sites is 6. The second kappa shape index (κ2) is 36.3. The van der Waals surface area contributed by atoms with Crippen LogP contribution in [0.4, 0.5) is 68.2 Å². The number of nitrogens with zero attached hydrogens (tertiary/aromatic N) is 4. The highest BCUT2D eigenvalue weighted by molar-refractivity contribution is 7.22. The first-order valence-corrected chi connectivity index (χ1v) is 56.2. The van der Waals surface area contributed by atoms with E-state index >= 15 is 0 Å². The minimum atomic E-state index is -3.15. The molecule has 706 valence electrons. The zero-order valence-corrected chi connectivity index (χ0v) is 85.4. The Kier molecular flexibility index (Phi) is 21.6. The van der Waals surface area contributed by atoms with E-state index < -0.39 is 22.9 Å². The molecule has 150 heavy (non-hydrogen) atoms. The summed E-state index contributed by atoms with van der Waals surface area (Å²) in [6, 6.07) is 212. The Morgan fingerprint density at radius 2 is 0.493 bits per heavy atom. The van der Waals surface area contributed by atoms with Crippen molar-refractivity contribution in [2.75, 3.05) is 19.6 Å². The van der Waals surface area contributed by atoms with Crippen molar-refractivity contribution in [3.05, 3.63) is 564 Å². The van der Waals surface area contributed by atoms with E-state index in [2.05, 4.69) is 598 Å². The fourth-order valence-corrected chi connectivity index (χ4v) is 35.4. The van der Waals surface area contributed by atoms with E-state index in [1.807, 2.05) is 0 Å². The standard InChI is InChI=1S/C142H101BN4OSi2/c1-142(2,3)110-92-120(99-49-18-7-19-50-99)141(121(93-110)108-58-41-56-105(88-108)103-54-39-52-101(86-103)97-45-14-5-15-46-97)147-130-95-112(145-127-72-31-36-77-137(127)150(115-63-24-10-25-64-115,116-65-26-11-27-66-116)138-78-37-32-73-128(138)145)81-83-124(130)143-123-82-80-111(144-125-70-29-34-75-135(125)149(113-59-20-8-21-60-113,114-61-22-9-23-62-114)136-76-35-30-71-126(136)144)94-129(123)146(131-90-109(91-132(147)139(131)143)106-79-84-134-122(89-106)119-67-28-33-74-133(119)148-134)140-117(98-47-16-6-17-48-98)68-42-69-118(140)107-57-40-55-104(87-107)102-53-38-51-100(85-102)96-43-12-4-13-44-96/h4-95H,1-3H3. The van der Waals surface area contributed by atoms with Gasteiger partial charge in [-0.15, -0.1) is 0 Å². The largest absolute Gasteiger partial charge is 0.456 e. The molecule has 0 N–H and O–H groups in total. The first-order chi connectivity index (χ1) is 74.0. The Labute approximate surface area is 878 Å². The van der Waals surface area contributed by atoms with E-state index in [4.69, 9.17) is 4.42 Å². The minimum Gasteiger partial charge on any atom is -0.456 e. The molecule has 0 saturated heterocycles. The van der Waals surface area contributed by atoms with Gasteiger partial charge in [0.25, 0.3) is 6.71 Å². The zero-order chi connectivity index (χ0) is 99.7. The lowest BCUT2D eigenvalue weighted by molar-refractivity contribution is 0.591. The van der Waals surface area contributed by atoms with Gasteiger partial charge in [0, 0.05) is 89.9 Å². The van der Waals surface area contributed by atoms with Crippen molar-refractivity contribution in [1.29, 1.82) is 0 Å².